The van der Waals surface area contributed by atoms with Crippen molar-refractivity contribution in [3.8, 4) is 5.75 Å². The molecule has 0 amide bonds. The third kappa shape index (κ3) is 3.37. The molecule has 1 aromatic carbocycles. The van der Waals surface area contributed by atoms with Crippen molar-refractivity contribution in [1.82, 2.24) is 0 Å². The molecule has 9 heteroatoms. The maximum absolute atomic E-state index is 12.4. The van der Waals surface area contributed by atoms with Crippen LogP contribution in [0.15, 0.2) is 24.3 Å². The van der Waals surface area contributed by atoms with Crippen molar-refractivity contribution in [2.75, 3.05) is 13.7 Å². The number of nitrogens with zero attached hydrogens (tertiary/aromatic N) is 1. The first-order chi connectivity index (χ1) is 12.7. The molecule has 27 heavy (non-hydrogen) atoms. The molecule has 1 aliphatic heterocycles. The number of aliphatic hydroxyl groups excluding tert-OH is 1. The highest BCUT2D eigenvalue weighted by Gasteiger charge is 2.62. The first-order valence-electron chi connectivity index (χ1n) is 8.24. The molecule has 0 aliphatic carbocycles. The fraction of sp³-hybridized carbons (Fsp3) is 0.444. The summed E-state index contributed by atoms with van der Waals surface area (Å²) in [6.45, 7) is 3.71. The Kier molecular flexibility index (Phi) is 5.85. The van der Waals surface area contributed by atoms with Gasteiger partial charge in [-0.2, -0.15) is 0 Å². The van der Waals surface area contributed by atoms with Gasteiger partial charge in [0.15, 0.2) is 11.6 Å². The molecule has 0 bridgehead atoms. The van der Waals surface area contributed by atoms with E-state index in [9.17, 15) is 24.7 Å². The zero-order valence-electron chi connectivity index (χ0n) is 15.4. The van der Waals surface area contributed by atoms with Crippen molar-refractivity contribution in [2.45, 2.75) is 38.4 Å². The molecule has 0 radical (unpaired) electrons. The fourth-order valence-corrected chi connectivity index (χ4v) is 3.13. The lowest BCUT2D eigenvalue weighted by atomic mass is 9.73. The van der Waals surface area contributed by atoms with Gasteiger partial charge >= 0.3 is 5.97 Å². The molecule has 1 heterocycles. The minimum absolute atomic E-state index is 0.0271. The minimum Gasteiger partial charge on any atom is -0.497 e. The van der Waals surface area contributed by atoms with E-state index in [-0.39, 0.29) is 11.5 Å². The predicted molar refractivity (Wildman–Crippen MR) is 92.2 cm³/mol. The molecule has 2 rings (SSSR count). The SMILES string of the molecule is CCOC(=O)[C@H](O)C1=[N+]([O-])OC(C(C)=O)(C(C)=O)[C@@H]1c1ccc(OC)cc1. The van der Waals surface area contributed by atoms with Gasteiger partial charge < -0.3 is 19.4 Å². The second kappa shape index (κ2) is 7.75. The van der Waals surface area contributed by atoms with E-state index in [0.717, 1.165) is 13.8 Å². The van der Waals surface area contributed by atoms with Crippen molar-refractivity contribution >= 4 is 23.2 Å². The number of esters is 1. The molecule has 1 N–H and O–H groups in total. The quantitative estimate of drug-likeness (QED) is 0.413. The average Bonchev–Trinajstić information content (AvgIpc) is 2.95. The Balaban J connectivity index is 2.66. The number of hydrogen-bond acceptors (Lipinski definition) is 8. The normalized spacial score (nSPS) is 19.2. The van der Waals surface area contributed by atoms with E-state index >= 15 is 0 Å². The highest BCUT2D eigenvalue weighted by atomic mass is 16.9. The van der Waals surface area contributed by atoms with Crippen molar-refractivity contribution in [3.63, 3.8) is 0 Å². The monoisotopic (exact) mass is 379 g/mol. The number of methoxy groups -OCH3 is 1. The first kappa shape index (κ1) is 20.4. The van der Waals surface area contributed by atoms with E-state index in [0.29, 0.717) is 11.3 Å². The van der Waals surface area contributed by atoms with E-state index in [1.807, 2.05) is 0 Å². The van der Waals surface area contributed by atoms with E-state index < -0.39 is 40.9 Å². The summed E-state index contributed by atoms with van der Waals surface area (Å²) in [6, 6.07) is 6.15. The zero-order chi connectivity index (χ0) is 20.4. The summed E-state index contributed by atoms with van der Waals surface area (Å²) in [5.41, 5.74) is -2.37. The highest BCUT2D eigenvalue weighted by Crippen LogP contribution is 2.41. The molecule has 9 nitrogen and oxygen atoms in total. The lowest BCUT2D eigenvalue weighted by Gasteiger charge is -2.30. The predicted octanol–water partition coefficient (Wildman–Crippen LogP) is 0.516. The van der Waals surface area contributed by atoms with Gasteiger partial charge in [0.05, 0.1) is 13.7 Å². The molecule has 2 atom stereocenters. The highest BCUT2D eigenvalue weighted by molar-refractivity contribution is 6.18. The Morgan fingerprint density at radius 1 is 1.26 bits per heavy atom. The molecular weight excluding hydrogens is 358 g/mol. The summed E-state index contributed by atoms with van der Waals surface area (Å²) in [5, 5.41) is 22.8. The third-order valence-electron chi connectivity index (χ3n) is 4.43. The van der Waals surface area contributed by atoms with Crippen LogP contribution in [0.25, 0.3) is 0 Å². The molecule has 1 aromatic rings. The Labute approximate surface area is 155 Å². The van der Waals surface area contributed by atoms with Crippen molar-refractivity contribution in [3.05, 3.63) is 35.0 Å². The molecule has 0 unspecified atom stereocenters. The van der Waals surface area contributed by atoms with Gasteiger partial charge in [-0.3, -0.25) is 14.8 Å². The largest absolute Gasteiger partial charge is 0.497 e. The van der Waals surface area contributed by atoms with Gasteiger partial charge in [-0.1, -0.05) is 12.1 Å². The molecule has 1 aliphatic rings. The number of ketones is 2. The Hall–Kier alpha value is -2.94. The van der Waals surface area contributed by atoms with Crippen molar-refractivity contribution in [2.24, 2.45) is 0 Å². The molecule has 0 fully saturated rings. The maximum atomic E-state index is 12.4. The number of carbonyl (C=O) groups excluding carboxylic acids is 3. The van der Waals surface area contributed by atoms with Gasteiger partial charge in [0, 0.05) is 4.90 Å². The Morgan fingerprint density at radius 3 is 2.26 bits per heavy atom. The molecule has 0 saturated heterocycles. The summed E-state index contributed by atoms with van der Waals surface area (Å²) in [6.07, 6.45) is -2.00. The molecule has 0 saturated carbocycles. The van der Waals surface area contributed by atoms with Gasteiger partial charge in [-0.25, -0.2) is 4.79 Å². The Bertz CT molecular complexity index is 769. The van der Waals surface area contributed by atoms with Crippen LogP contribution in [0.4, 0.5) is 0 Å². The smallest absolute Gasteiger partial charge is 0.346 e. The lowest BCUT2D eigenvalue weighted by molar-refractivity contribution is -0.744. The van der Waals surface area contributed by atoms with Crippen molar-refractivity contribution in [1.29, 1.82) is 0 Å². The number of benzene rings is 1. The number of ether oxygens (including phenoxy) is 2. The summed E-state index contributed by atoms with van der Waals surface area (Å²) in [7, 11) is 1.46. The zero-order valence-corrected chi connectivity index (χ0v) is 15.4. The molecular formula is C18H21NO8. The van der Waals surface area contributed by atoms with Crippen LogP contribution in [-0.2, 0) is 24.0 Å². The third-order valence-corrected chi connectivity index (χ3v) is 4.43. The molecule has 146 valence electrons. The van der Waals surface area contributed by atoms with Crippen molar-refractivity contribution < 1.29 is 38.7 Å². The van der Waals surface area contributed by atoms with Crippen LogP contribution in [0.2, 0.25) is 0 Å². The summed E-state index contributed by atoms with van der Waals surface area (Å²) < 4.78 is 9.83. The van der Waals surface area contributed by atoms with E-state index in [2.05, 4.69) is 0 Å². The van der Waals surface area contributed by atoms with Crippen LogP contribution in [0.3, 0.4) is 0 Å². The average molecular weight is 379 g/mol. The van der Waals surface area contributed by atoms with Gasteiger partial charge in [0.25, 0.3) is 5.71 Å². The summed E-state index contributed by atoms with van der Waals surface area (Å²) >= 11 is 0. The van der Waals surface area contributed by atoms with Crippen LogP contribution in [0, 0.1) is 5.21 Å². The fourth-order valence-electron chi connectivity index (χ4n) is 3.13. The summed E-state index contributed by atoms with van der Waals surface area (Å²) in [4.78, 5) is 41.7. The molecule has 0 spiro atoms. The van der Waals surface area contributed by atoms with Crippen LogP contribution in [0.1, 0.15) is 32.3 Å². The van der Waals surface area contributed by atoms with Crippen LogP contribution in [-0.4, -0.2) is 58.7 Å². The number of hydrogen-bond donors (Lipinski definition) is 1. The van der Waals surface area contributed by atoms with Gasteiger partial charge in [-0.15, -0.1) is 0 Å². The number of aliphatic hydroxyl groups is 1. The van der Waals surface area contributed by atoms with Gasteiger partial charge in [0.1, 0.15) is 11.7 Å². The van der Waals surface area contributed by atoms with Crippen LogP contribution < -0.4 is 4.74 Å². The topological polar surface area (TPSA) is 125 Å². The van der Waals surface area contributed by atoms with Gasteiger partial charge in [0.2, 0.25) is 11.7 Å². The standard InChI is InChI=1S/C18H21NO8/c1-5-26-17(23)16(22)15-14(12-6-8-13(25-4)9-7-12)18(10(2)20,11(3)21)27-19(15)24/h6-9,14,16,22H,5H2,1-4H3/t14-,16-/m1/s1. The number of carbonyl (C=O) groups is 3. The van der Waals surface area contributed by atoms with Crippen LogP contribution >= 0.6 is 0 Å². The lowest BCUT2D eigenvalue weighted by Crippen LogP contribution is -2.52. The molecule has 0 aromatic heterocycles. The van der Waals surface area contributed by atoms with Crippen LogP contribution in [0.5, 0.6) is 5.75 Å². The minimum atomic E-state index is -2.20. The first-order valence-corrected chi connectivity index (χ1v) is 8.24. The van der Waals surface area contributed by atoms with E-state index in [1.165, 1.54) is 26.2 Å². The van der Waals surface area contributed by atoms with Gasteiger partial charge in [-0.05, 0) is 38.5 Å². The Morgan fingerprint density at radius 2 is 1.81 bits per heavy atom. The summed E-state index contributed by atoms with van der Waals surface area (Å²) in [5.74, 6) is -3.36. The maximum Gasteiger partial charge on any atom is 0.346 e. The van der Waals surface area contributed by atoms with E-state index in [4.69, 9.17) is 14.3 Å². The second-order valence-electron chi connectivity index (χ2n) is 5.98. The number of rotatable bonds is 7. The second-order valence-corrected chi connectivity index (χ2v) is 5.98. The number of Topliss-reactive ketones (excluding diaryl/α,β-unsaturated/α-hetero) is 2. The van der Waals surface area contributed by atoms with E-state index in [1.54, 1.807) is 12.1 Å².